The van der Waals surface area contributed by atoms with Crippen LogP contribution in [0.4, 0.5) is 0 Å². The maximum atomic E-state index is 4.40. The van der Waals surface area contributed by atoms with Crippen molar-refractivity contribution in [1.29, 1.82) is 0 Å². The first-order chi connectivity index (χ1) is 7.70. The molecule has 0 aliphatic heterocycles. The molecule has 3 nitrogen and oxygen atoms in total. The number of nitrogens with zero attached hydrogens (tertiary/aromatic N) is 2. The fraction of sp³-hybridized carbons (Fsp3) is 0.769. The molecule has 2 atom stereocenters. The lowest BCUT2D eigenvalue weighted by molar-refractivity contribution is 0.391. The van der Waals surface area contributed by atoms with E-state index in [2.05, 4.69) is 35.8 Å². The molecule has 2 rings (SSSR count). The third-order valence-electron chi connectivity index (χ3n) is 3.54. The lowest BCUT2D eigenvalue weighted by Gasteiger charge is -2.22. The Hall–Kier alpha value is -0.830. The van der Waals surface area contributed by atoms with E-state index in [0.717, 1.165) is 11.7 Å². The standard InChI is InChI=1S/C13H23N3/c1-4-12(9-11-5-6-11)15-10(2)13-14-7-8-16(13)3/h7-8,10-12,15H,4-6,9H2,1-3H3. The molecule has 1 saturated carbocycles. The van der Waals surface area contributed by atoms with E-state index in [1.807, 2.05) is 12.4 Å². The number of imidazole rings is 1. The lowest BCUT2D eigenvalue weighted by atomic mass is 10.1. The molecule has 2 unspecified atom stereocenters. The molecule has 0 spiro atoms. The van der Waals surface area contributed by atoms with Gasteiger partial charge in [0.25, 0.3) is 0 Å². The molecule has 0 bridgehead atoms. The predicted molar refractivity (Wildman–Crippen MR) is 66.2 cm³/mol. The molecule has 0 amide bonds. The van der Waals surface area contributed by atoms with Crippen LogP contribution in [0.15, 0.2) is 12.4 Å². The summed E-state index contributed by atoms with van der Waals surface area (Å²) in [5.74, 6) is 2.13. The molecule has 1 aromatic heterocycles. The molecule has 1 heterocycles. The number of aromatic nitrogens is 2. The van der Waals surface area contributed by atoms with Gasteiger partial charge in [-0.05, 0) is 25.7 Å². The summed E-state index contributed by atoms with van der Waals surface area (Å²) in [4.78, 5) is 4.40. The van der Waals surface area contributed by atoms with Gasteiger partial charge in [-0.2, -0.15) is 0 Å². The van der Waals surface area contributed by atoms with Crippen LogP contribution in [0.5, 0.6) is 0 Å². The molecule has 1 fully saturated rings. The average molecular weight is 221 g/mol. The highest BCUT2D eigenvalue weighted by Crippen LogP contribution is 2.34. The minimum Gasteiger partial charge on any atom is -0.337 e. The highest BCUT2D eigenvalue weighted by Gasteiger charge is 2.25. The Morgan fingerprint density at radius 2 is 2.31 bits per heavy atom. The minimum absolute atomic E-state index is 0.351. The van der Waals surface area contributed by atoms with Crippen molar-refractivity contribution in [2.24, 2.45) is 13.0 Å². The largest absolute Gasteiger partial charge is 0.337 e. The number of hydrogen-bond donors (Lipinski definition) is 1. The van der Waals surface area contributed by atoms with Crippen LogP contribution in [-0.2, 0) is 7.05 Å². The monoisotopic (exact) mass is 221 g/mol. The van der Waals surface area contributed by atoms with Crippen molar-refractivity contribution < 1.29 is 0 Å². The third kappa shape index (κ3) is 2.85. The highest BCUT2D eigenvalue weighted by molar-refractivity contribution is 4.98. The van der Waals surface area contributed by atoms with Crippen LogP contribution in [-0.4, -0.2) is 15.6 Å². The lowest BCUT2D eigenvalue weighted by Crippen LogP contribution is -2.32. The Bertz CT molecular complexity index is 328. The van der Waals surface area contributed by atoms with Crippen molar-refractivity contribution in [1.82, 2.24) is 14.9 Å². The quantitative estimate of drug-likeness (QED) is 0.800. The molecule has 1 aliphatic rings. The third-order valence-corrected chi connectivity index (χ3v) is 3.54. The van der Waals surface area contributed by atoms with Gasteiger partial charge in [-0.3, -0.25) is 0 Å². The van der Waals surface area contributed by atoms with Crippen molar-refractivity contribution in [2.45, 2.75) is 51.6 Å². The van der Waals surface area contributed by atoms with Crippen molar-refractivity contribution in [3.8, 4) is 0 Å². The summed E-state index contributed by atoms with van der Waals surface area (Å²) in [6.07, 6.45) is 9.31. The Morgan fingerprint density at radius 1 is 1.56 bits per heavy atom. The van der Waals surface area contributed by atoms with Crippen molar-refractivity contribution in [3.05, 3.63) is 18.2 Å². The summed E-state index contributed by atoms with van der Waals surface area (Å²) >= 11 is 0. The van der Waals surface area contributed by atoms with Crippen LogP contribution in [0.3, 0.4) is 0 Å². The van der Waals surface area contributed by atoms with Crippen LogP contribution < -0.4 is 5.32 Å². The van der Waals surface area contributed by atoms with Crippen molar-refractivity contribution in [2.75, 3.05) is 0 Å². The molecule has 3 heteroatoms. The van der Waals surface area contributed by atoms with E-state index in [9.17, 15) is 0 Å². The summed E-state index contributed by atoms with van der Waals surface area (Å²) in [6, 6.07) is 1.00. The zero-order chi connectivity index (χ0) is 11.5. The van der Waals surface area contributed by atoms with Crippen LogP contribution >= 0.6 is 0 Å². The molecule has 0 aromatic carbocycles. The van der Waals surface area contributed by atoms with Crippen LogP contribution in [0.1, 0.15) is 51.4 Å². The first kappa shape index (κ1) is 11.6. The number of nitrogens with one attached hydrogen (secondary N) is 1. The van der Waals surface area contributed by atoms with E-state index in [0.29, 0.717) is 12.1 Å². The van der Waals surface area contributed by atoms with Crippen molar-refractivity contribution >= 4 is 0 Å². The van der Waals surface area contributed by atoms with E-state index < -0.39 is 0 Å². The molecule has 90 valence electrons. The van der Waals surface area contributed by atoms with Gasteiger partial charge in [0.05, 0.1) is 6.04 Å². The summed E-state index contributed by atoms with van der Waals surface area (Å²) in [7, 11) is 2.06. The zero-order valence-corrected chi connectivity index (χ0v) is 10.6. The van der Waals surface area contributed by atoms with Gasteiger partial charge >= 0.3 is 0 Å². The number of hydrogen-bond acceptors (Lipinski definition) is 2. The molecule has 16 heavy (non-hydrogen) atoms. The molecule has 1 N–H and O–H groups in total. The molecule has 0 saturated heterocycles. The predicted octanol–water partition coefficient (Wildman–Crippen LogP) is 2.65. The van der Waals surface area contributed by atoms with Crippen molar-refractivity contribution in [3.63, 3.8) is 0 Å². The van der Waals surface area contributed by atoms with Crippen LogP contribution in [0.25, 0.3) is 0 Å². The maximum Gasteiger partial charge on any atom is 0.125 e. The highest BCUT2D eigenvalue weighted by atomic mass is 15.1. The van der Waals surface area contributed by atoms with Crippen LogP contribution in [0.2, 0.25) is 0 Å². The van der Waals surface area contributed by atoms with Gasteiger partial charge in [0, 0.05) is 25.5 Å². The van der Waals surface area contributed by atoms with E-state index in [1.165, 1.54) is 25.7 Å². The van der Waals surface area contributed by atoms with Gasteiger partial charge in [0.15, 0.2) is 0 Å². The maximum absolute atomic E-state index is 4.40. The second-order valence-corrected chi connectivity index (χ2v) is 5.07. The molecule has 0 radical (unpaired) electrons. The minimum atomic E-state index is 0.351. The summed E-state index contributed by atoms with van der Waals surface area (Å²) in [5.41, 5.74) is 0. The average Bonchev–Trinajstić information content (AvgIpc) is 2.97. The Morgan fingerprint density at radius 3 is 2.81 bits per heavy atom. The number of aryl methyl sites for hydroxylation is 1. The Balaban J connectivity index is 1.89. The van der Waals surface area contributed by atoms with Gasteiger partial charge in [0.1, 0.15) is 5.82 Å². The van der Waals surface area contributed by atoms with E-state index in [4.69, 9.17) is 0 Å². The first-order valence-corrected chi connectivity index (χ1v) is 6.44. The Kier molecular flexibility index (Phi) is 3.64. The molecule has 1 aromatic rings. The van der Waals surface area contributed by atoms with Crippen LogP contribution in [0, 0.1) is 5.92 Å². The SMILES string of the molecule is CCC(CC1CC1)NC(C)c1nccn1C. The normalized spacial score (nSPS) is 19.7. The second-order valence-electron chi connectivity index (χ2n) is 5.07. The molecule has 1 aliphatic carbocycles. The van der Waals surface area contributed by atoms with E-state index in [1.54, 1.807) is 0 Å². The van der Waals surface area contributed by atoms with Gasteiger partial charge in [-0.25, -0.2) is 4.98 Å². The topological polar surface area (TPSA) is 29.9 Å². The Labute approximate surface area is 98.3 Å². The van der Waals surface area contributed by atoms with E-state index in [-0.39, 0.29) is 0 Å². The smallest absolute Gasteiger partial charge is 0.125 e. The summed E-state index contributed by atoms with van der Waals surface area (Å²) < 4.78 is 2.10. The molecular formula is C13H23N3. The zero-order valence-electron chi connectivity index (χ0n) is 10.6. The molecular weight excluding hydrogens is 198 g/mol. The van der Waals surface area contributed by atoms with Gasteiger partial charge in [0.2, 0.25) is 0 Å². The van der Waals surface area contributed by atoms with Gasteiger partial charge in [-0.15, -0.1) is 0 Å². The number of rotatable bonds is 6. The second kappa shape index (κ2) is 5.00. The van der Waals surface area contributed by atoms with Gasteiger partial charge in [-0.1, -0.05) is 19.8 Å². The fourth-order valence-electron chi connectivity index (χ4n) is 2.33. The first-order valence-electron chi connectivity index (χ1n) is 6.44. The van der Waals surface area contributed by atoms with Gasteiger partial charge < -0.3 is 9.88 Å². The van der Waals surface area contributed by atoms with E-state index >= 15 is 0 Å². The fourth-order valence-corrected chi connectivity index (χ4v) is 2.33. The summed E-state index contributed by atoms with van der Waals surface area (Å²) in [5, 5.41) is 3.70. The summed E-state index contributed by atoms with van der Waals surface area (Å²) in [6.45, 7) is 4.48.